The number of phenols is 1. The number of nitrogens with one attached hydrogen (secondary N) is 1. The van der Waals surface area contributed by atoms with Gasteiger partial charge in [0.25, 0.3) is 0 Å². The highest BCUT2D eigenvalue weighted by Gasteiger charge is 2.33. The van der Waals surface area contributed by atoms with E-state index >= 15 is 0 Å². The van der Waals surface area contributed by atoms with E-state index in [2.05, 4.69) is 5.32 Å². The van der Waals surface area contributed by atoms with Gasteiger partial charge in [-0.25, -0.2) is 8.42 Å². The van der Waals surface area contributed by atoms with E-state index in [1.165, 1.54) is 4.31 Å². The molecule has 2 N–H and O–H groups in total. The third-order valence-corrected chi connectivity index (χ3v) is 6.07. The van der Waals surface area contributed by atoms with Crippen LogP contribution in [0.15, 0.2) is 59.5 Å². The Morgan fingerprint density at radius 2 is 1.81 bits per heavy atom. The Labute approximate surface area is 153 Å². The number of benzene rings is 2. The van der Waals surface area contributed by atoms with Crippen molar-refractivity contribution in [3.05, 3.63) is 66.7 Å². The number of carbonyl (C=O) groups is 1. The second kappa shape index (κ2) is 7.88. The van der Waals surface area contributed by atoms with Crippen molar-refractivity contribution in [1.29, 1.82) is 0 Å². The van der Waals surface area contributed by atoms with Gasteiger partial charge < -0.3 is 10.4 Å². The molecule has 26 heavy (non-hydrogen) atoms. The van der Waals surface area contributed by atoms with E-state index in [9.17, 15) is 18.3 Å². The highest BCUT2D eigenvalue weighted by Crippen LogP contribution is 2.23. The van der Waals surface area contributed by atoms with Crippen molar-refractivity contribution in [1.82, 2.24) is 9.62 Å². The summed E-state index contributed by atoms with van der Waals surface area (Å²) in [5, 5.41) is 12.1. The molecule has 137 valence electrons. The van der Waals surface area contributed by atoms with Crippen LogP contribution < -0.4 is 5.32 Å². The molecule has 1 unspecified atom stereocenters. The summed E-state index contributed by atoms with van der Waals surface area (Å²) in [6, 6.07) is 14.8. The van der Waals surface area contributed by atoms with Crippen LogP contribution in [0.25, 0.3) is 0 Å². The normalized spacial score (nSPS) is 17.9. The molecule has 2 aromatic rings. The Morgan fingerprint density at radius 1 is 1.12 bits per heavy atom. The van der Waals surface area contributed by atoms with Crippen LogP contribution in [0.4, 0.5) is 0 Å². The molecule has 1 heterocycles. The molecule has 0 spiro atoms. The van der Waals surface area contributed by atoms with Gasteiger partial charge in [0.1, 0.15) is 5.75 Å². The van der Waals surface area contributed by atoms with Crippen LogP contribution in [0.5, 0.6) is 5.75 Å². The maximum absolute atomic E-state index is 12.6. The summed E-state index contributed by atoms with van der Waals surface area (Å²) in [5.74, 6) is 0.0786. The minimum atomic E-state index is -3.56. The van der Waals surface area contributed by atoms with Gasteiger partial charge in [-0.05, 0) is 42.7 Å². The fourth-order valence-electron chi connectivity index (χ4n) is 2.86. The SMILES string of the molecule is O=C(CCc1ccc(O)cc1)NC1C[CH]N(S(=O)(=O)c2ccccc2)C1. The molecule has 0 aliphatic carbocycles. The number of sulfonamides is 1. The van der Waals surface area contributed by atoms with Crippen LogP contribution in [0, 0.1) is 6.54 Å². The van der Waals surface area contributed by atoms with Gasteiger partial charge >= 0.3 is 0 Å². The maximum Gasteiger partial charge on any atom is 0.243 e. The number of aromatic hydroxyl groups is 1. The van der Waals surface area contributed by atoms with Gasteiger partial charge in [0.05, 0.1) is 4.90 Å². The zero-order valence-electron chi connectivity index (χ0n) is 14.2. The van der Waals surface area contributed by atoms with Crippen molar-refractivity contribution in [3.63, 3.8) is 0 Å². The van der Waals surface area contributed by atoms with E-state index in [0.717, 1.165) is 5.56 Å². The Hall–Kier alpha value is -2.38. The molecule has 0 aromatic heterocycles. The smallest absolute Gasteiger partial charge is 0.243 e. The van der Waals surface area contributed by atoms with Gasteiger partial charge in [0.15, 0.2) is 0 Å². The monoisotopic (exact) mass is 373 g/mol. The molecule has 0 saturated carbocycles. The van der Waals surface area contributed by atoms with Crippen LogP contribution in [-0.2, 0) is 21.2 Å². The van der Waals surface area contributed by atoms with E-state index in [1.807, 2.05) is 0 Å². The van der Waals surface area contributed by atoms with Crippen molar-refractivity contribution in [2.45, 2.75) is 30.2 Å². The summed E-state index contributed by atoms with van der Waals surface area (Å²) in [7, 11) is -3.56. The first-order valence-electron chi connectivity index (χ1n) is 8.42. The quantitative estimate of drug-likeness (QED) is 0.812. The summed E-state index contributed by atoms with van der Waals surface area (Å²) in [4.78, 5) is 12.4. The van der Waals surface area contributed by atoms with Gasteiger partial charge in [-0.15, -0.1) is 0 Å². The molecule has 7 heteroatoms. The molecule has 1 fully saturated rings. The van der Waals surface area contributed by atoms with E-state index in [-0.39, 0.29) is 29.1 Å². The third kappa shape index (κ3) is 4.42. The molecule has 1 aliphatic rings. The van der Waals surface area contributed by atoms with Crippen molar-refractivity contribution in [2.24, 2.45) is 0 Å². The molecule has 1 saturated heterocycles. The first-order valence-corrected chi connectivity index (χ1v) is 9.86. The van der Waals surface area contributed by atoms with Crippen molar-refractivity contribution < 1.29 is 18.3 Å². The average molecular weight is 373 g/mol. The number of carbonyl (C=O) groups excluding carboxylic acids is 1. The molecular formula is C19H21N2O4S. The molecule has 1 aliphatic heterocycles. The predicted molar refractivity (Wildman–Crippen MR) is 97.6 cm³/mol. The number of phenolic OH excluding ortho intramolecular Hbond substituents is 1. The van der Waals surface area contributed by atoms with E-state index in [4.69, 9.17) is 0 Å². The van der Waals surface area contributed by atoms with Crippen molar-refractivity contribution >= 4 is 15.9 Å². The molecule has 0 bridgehead atoms. The largest absolute Gasteiger partial charge is 0.508 e. The second-order valence-electron chi connectivity index (χ2n) is 6.24. The molecule has 6 nitrogen and oxygen atoms in total. The van der Waals surface area contributed by atoms with Crippen LogP contribution >= 0.6 is 0 Å². The zero-order chi connectivity index (χ0) is 18.6. The standard InChI is InChI=1S/C19H21N2O4S/c22-17-9-6-15(7-10-17)8-11-19(23)20-16-12-13-21(14-16)26(24,25)18-4-2-1-3-5-18/h1-7,9-10,13,16,22H,8,11-12,14H2,(H,20,23). The fourth-order valence-corrected chi connectivity index (χ4v) is 4.29. The fraction of sp³-hybridized carbons (Fsp3) is 0.263. The lowest BCUT2D eigenvalue weighted by Crippen LogP contribution is -2.38. The molecule has 3 rings (SSSR count). The van der Waals surface area contributed by atoms with Crippen LogP contribution in [-0.4, -0.2) is 36.3 Å². The lowest BCUT2D eigenvalue weighted by atomic mass is 10.1. The van der Waals surface area contributed by atoms with Crippen molar-refractivity contribution in [2.75, 3.05) is 6.54 Å². The maximum atomic E-state index is 12.6. The number of amides is 1. The van der Waals surface area contributed by atoms with Crippen LogP contribution in [0.1, 0.15) is 18.4 Å². The van der Waals surface area contributed by atoms with Crippen LogP contribution in [0.2, 0.25) is 0 Å². The van der Waals surface area contributed by atoms with Gasteiger partial charge in [-0.1, -0.05) is 30.3 Å². The summed E-state index contributed by atoms with van der Waals surface area (Å²) in [5.41, 5.74) is 0.962. The molecule has 1 amide bonds. The Bertz CT molecular complexity index is 851. The van der Waals surface area contributed by atoms with Gasteiger partial charge in [0, 0.05) is 25.6 Å². The van der Waals surface area contributed by atoms with Gasteiger partial charge in [0.2, 0.25) is 15.9 Å². The minimum Gasteiger partial charge on any atom is -0.508 e. The van der Waals surface area contributed by atoms with Gasteiger partial charge in [-0.2, -0.15) is 4.31 Å². The van der Waals surface area contributed by atoms with E-state index in [1.54, 1.807) is 61.1 Å². The topological polar surface area (TPSA) is 86.7 Å². The number of nitrogens with zero attached hydrogens (tertiary/aromatic N) is 1. The lowest BCUT2D eigenvalue weighted by molar-refractivity contribution is -0.121. The summed E-state index contributed by atoms with van der Waals surface area (Å²) >= 11 is 0. The zero-order valence-corrected chi connectivity index (χ0v) is 15.0. The number of hydrogen-bond acceptors (Lipinski definition) is 4. The Morgan fingerprint density at radius 3 is 2.50 bits per heavy atom. The Balaban J connectivity index is 1.51. The van der Waals surface area contributed by atoms with E-state index < -0.39 is 10.0 Å². The number of aryl methyl sites for hydroxylation is 1. The highest BCUT2D eigenvalue weighted by atomic mass is 32.2. The van der Waals surface area contributed by atoms with Crippen LogP contribution in [0.3, 0.4) is 0 Å². The molecular weight excluding hydrogens is 352 g/mol. The third-order valence-electron chi connectivity index (χ3n) is 4.29. The number of hydrogen-bond donors (Lipinski definition) is 2. The average Bonchev–Trinajstić information content (AvgIpc) is 3.11. The molecule has 1 radical (unpaired) electrons. The molecule has 2 aromatic carbocycles. The Kier molecular flexibility index (Phi) is 5.58. The van der Waals surface area contributed by atoms with Crippen molar-refractivity contribution in [3.8, 4) is 5.75 Å². The minimum absolute atomic E-state index is 0.115. The highest BCUT2D eigenvalue weighted by molar-refractivity contribution is 7.89. The summed E-state index contributed by atoms with van der Waals surface area (Å²) in [6.07, 6.45) is 1.36. The second-order valence-corrected chi connectivity index (χ2v) is 8.13. The lowest BCUT2D eigenvalue weighted by Gasteiger charge is -2.17. The molecule has 1 atom stereocenters. The summed E-state index contributed by atoms with van der Waals surface area (Å²) in [6.45, 7) is 1.86. The van der Waals surface area contributed by atoms with Gasteiger partial charge in [-0.3, -0.25) is 4.79 Å². The summed E-state index contributed by atoms with van der Waals surface area (Å²) < 4.78 is 26.4. The van der Waals surface area contributed by atoms with E-state index in [0.29, 0.717) is 19.3 Å². The first-order chi connectivity index (χ1) is 12.4. The predicted octanol–water partition coefficient (Wildman–Crippen LogP) is 2.07. The first kappa shape index (κ1) is 18.4. The number of rotatable bonds is 6.